The number of carboxylic acid groups (broad SMARTS) is 1. The molecule has 1 unspecified atom stereocenters. The maximum atomic E-state index is 12.0. The zero-order chi connectivity index (χ0) is 19.1. The molecule has 0 amide bonds. The number of nitrogens with zero attached hydrogens (tertiary/aromatic N) is 2. The number of carboxylic acids is 1. The molecule has 26 heavy (non-hydrogen) atoms. The molecule has 1 atom stereocenters. The first-order valence-corrected chi connectivity index (χ1v) is 9.09. The molecule has 6 heteroatoms. The Morgan fingerprint density at radius 2 is 1.96 bits per heavy atom. The molecule has 1 aliphatic rings. The summed E-state index contributed by atoms with van der Waals surface area (Å²) in [7, 11) is 0. The number of rotatable bonds is 5. The standard InChI is InChI=1S/C20H20Cl2N2O2/c1-12-13(5-4-6-14(12)16-10-23-7-8-24-16)9-15(17(21)22)20(18(25)26)11-19(20,2)3/h4-8,10H,9,11H2,1-3H3,(H,25,26). The average molecular weight is 391 g/mol. The van der Waals surface area contributed by atoms with Crippen molar-refractivity contribution >= 4 is 29.2 Å². The highest BCUT2D eigenvalue weighted by Crippen LogP contribution is 2.69. The zero-order valence-corrected chi connectivity index (χ0v) is 16.4. The zero-order valence-electron chi connectivity index (χ0n) is 14.9. The van der Waals surface area contributed by atoms with Crippen LogP contribution in [0.4, 0.5) is 0 Å². The Kier molecular flexibility index (Phi) is 4.84. The van der Waals surface area contributed by atoms with Crippen LogP contribution in [0.2, 0.25) is 0 Å². The van der Waals surface area contributed by atoms with E-state index in [0.29, 0.717) is 18.4 Å². The largest absolute Gasteiger partial charge is 0.481 e. The van der Waals surface area contributed by atoms with Crippen molar-refractivity contribution in [1.82, 2.24) is 9.97 Å². The maximum absolute atomic E-state index is 12.0. The van der Waals surface area contributed by atoms with Gasteiger partial charge in [-0.15, -0.1) is 0 Å². The highest BCUT2D eigenvalue weighted by molar-refractivity contribution is 6.56. The third-order valence-corrected chi connectivity index (χ3v) is 5.95. The van der Waals surface area contributed by atoms with Gasteiger partial charge in [0, 0.05) is 18.0 Å². The lowest BCUT2D eigenvalue weighted by Crippen LogP contribution is -2.25. The van der Waals surface area contributed by atoms with Gasteiger partial charge in [0.15, 0.2) is 0 Å². The van der Waals surface area contributed by atoms with Crippen molar-refractivity contribution < 1.29 is 9.90 Å². The van der Waals surface area contributed by atoms with Gasteiger partial charge in [0.2, 0.25) is 0 Å². The van der Waals surface area contributed by atoms with Crippen LogP contribution in [-0.2, 0) is 11.2 Å². The normalized spacial score (nSPS) is 20.5. The van der Waals surface area contributed by atoms with Gasteiger partial charge in [-0.25, -0.2) is 0 Å². The minimum Gasteiger partial charge on any atom is -0.481 e. The number of benzene rings is 1. The number of halogens is 2. The lowest BCUT2D eigenvalue weighted by atomic mass is 9.83. The van der Waals surface area contributed by atoms with Crippen LogP contribution in [0, 0.1) is 17.8 Å². The molecule has 136 valence electrons. The van der Waals surface area contributed by atoms with Crippen LogP contribution in [0.5, 0.6) is 0 Å². The SMILES string of the molecule is Cc1c(CC(=C(Cl)Cl)C2(C(=O)O)CC2(C)C)cccc1-c1cnccn1. The fourth-order valence-corrected chi connectivity index (χ4v) is 4.24. The van der Waals surface area contributed by atoms with Crippen LogP contribution < -0.4 is 0 Å². The Labute approximate surface area is 162 Å². The number of aromatic nitrogens is 2. The first-order valence-electron chi connectivity index (χ1n) is 8.33. The minimum atomic E-state index is -1.01. The molecule has 3 rings (SSSR count). The summed E-state index contributed by atoms with van der Waals surface area (Å²) in [6.07, 6.45) is 5.89. The highest BCUT2D eigenvalue weighted by atomic mass is 35.5. The van der Waals surface area contributed by atoms with Gasteiger partial charge >= 0.3 is 5.97 Å². The molecule has 1 saturated carbocycles. The summed E-state index contributed by atoms with van der Waals surface area (Å²) in [6, 6.07) is 5.87. The van der Waals surface area contributed by atoms with E-state index < -0.39 is 11.4 Å². The van der Waals surface area contributed by atoms with E-state index in [9.17, 15) is 9.90 Å². The number of carbonyl (C=O) groups is 1. The van der Waals surface area contributed by atoms with Gasteiger partial charge in [0.05, 0.1) is 17.3 Å². The van der Waals surface area contributed by atoms with E-state index in [1.54, 1.807) is 18.6 Å². The van der Waals surface area contributed by atoms with Crippen molar-refractivity contribution in [3.63, 3.8) is 0 Å². The van der Waals surface area contributed by atoms with Crippen LogP contribution >= 0.6 is 23.2 Å². The minimum absolute atomic E-state index is 0.0438. The molecule has 1 aromatic heterocycles. The van der Waals surface area contributed by atoms with Crippen molar-refractivity contribution in [1.29, 1.82) is 0 Å². The van der Waals surface area contributed by atoms with E-state index >= 15 is 0 Å². The molecule has 0 spiro atoms. The van der Waals surface area contributed by atoms with Crippen molar-refractivity contribution in [2.75, 3.05) is 0 Å². The van der Waals surface area contributed by atoms with E-state index in [0.717, 1.165) is 22.4 Å². The second-order valence-corrected chi connectivity index (χ2v) is 8.32. The summed E-state index contributed by atoms with van der Waals surface area (Å²) < 4.78 is 0.0438. The molecular weight excluding hydrogens is 371 g/mol. The summed E-state index contributed by atoms with van der Waals surface area (Å²) in [5.41, 5.74) is 2.90. The van der Waals surface area contributed by atoms with Crippen LogP contribution in [0.3, 0.4) is 0 Å². The Morgan fingerprint density at radius 3 is 2.46 bits per heavy atom. The first-order chi connectivity index (χ1) is 12.2. The number of hydrogen-bond donors (Lipinski definition) is 1. The lowest BCUT2D eigenvalue weighted by Gasteiger charge is -2.21. The van der Waals surface area contributed by atoms with Crippen molar-refractivity contribution in [2.45, 2.75) is 33.6 Å². The fourth-order valence-electron chi connectivity index (χ4n) is 3.79. The molecule has 1 heterocycles. The smallest absolute Gasteiger partial charge is 0.314 e. The van der Waals surface area contributed by atoms with Crippen LogP contribution in [0.15, 0.2) is 46.9 Å². The molecule has 0 bridgehead atoms. The van der Waals surface area contributed by atoms with E-state index in [-0.39, 0.29) is 9.91 Å². The van der Waals surface area contributed by atoms with Gasteiger partial charge in [0.1, 0.15) is 4.49 Å². The van der Waals surface area contributed by atoms with Crippen molar-refractivity contribution in [3.8, 4) is 11.3 Å². The molecular formula is C20H20Cl2N2O2. The molecule has 0 radical (unpaired) electrons. The van der Waals surface area contributed by atoms with Crippen molar-refractivity contribution in [2.24, 2.45) is 10.8 Å². The van der Waals surface area contributed by atoms with Crippen molar-refractivity contribution in [3.05, 3.63) is 58.0 Å². The molecule has 4 nitrogen and oxygen atoms in total. The van der Waals surface area contributed by atoms with Gasteiger partial charge in [-0.2, -0.15) is 0 Å². The highest BCUT2D eigenvalue weighted by Gasteiger charge is 2.69. The second-order valence-electron chi connectivity index (χ2n) is 7.37. The van der Waals surface area contributed by atoms with Gasteiger partial charge in [0.25, 0.3) is 0 Å². The van der Waals surface area contributed by atoms with Gasteiger partial charge in [-0.1, -0.05) is 55.2 Å². The van der Waals surface area contributed by atoms with Gasteiger partial charge < -0.3 is 5.11 Å². The van der Waals surface area contributed by atoms with Crippen LogP contribution in [-0.4, -0.2) is 21.0 Å². The summed E-state index contributed by atoms with van der Waals surface area (Å²) >= 11 is 12.3. The summed E-state index contributed by atoms with van der Waals surface area (Å²) in [4.78, 5) is 20.5. The third kappa shape index (κ3) is 3.01. The second kappa shape index (κ2) is 6.67. The Hall–Kier alpha value is -1.91. The van der Waals surface area contributed by atoms with E-state index in [2.05, 4.69) is 9.97 Å². The topological polar surface area (TPSA) is 63.1 Å². The predicted octanol–water partition coefficient (Wildman–Crippen LogP) is 5.18. The van der Waals surface area contributed by atoms with E-state index in [4.69, 9.17) is 23.2 Å². The summed E-state index contributed by atoms with van der Waals surface area (Å²) in [5.74, 6) is -0.876. The first kappa shape index (κ1) is 18.9. The molecule has 1 aromatic carbocycles. The number of aliphatic carboxylic acids is 1. The Morgan fingerprint density at radius 1 is 1.27 bits per heavy atom. The average Bonchev–Trinajstić information content (AvgIpc) is 3.18. The van der Waals surface area contributed by atoms with E-state index in [1.165, 1.54) is 0 Å². The molecule has 0 saturated heterocycles. The molecule has 1 fully saturated rings. The van der Waals surface area contributed by atoms with Gasteiger partial charge in [-0.3, -0.25) is 14.8 Å². The molecule has 0 aliphatic heterocycles. The quantitative estimate of drug-likeness (QED) is 0.763. The molecule has 1 N–H and O–H groups in total. The van der Waals surface area contributed by atoms with E-state index in [1.807, 2.05) is 39.0 Å². The number of hydrogen-bond acceptors (Lipinski definition) is 3. The predicted molar refractivity (Wildman–Crippen MR) is 103 cm³/mol. The third-order valence-electron chi connectivity index (χ3n) is 5.50. The maximum Gasteiger partial charge on any atom is 0.314 e. The van der Waals surface area contributed by atoms with Crippen LogP contribution in [0.1, 0.15) is 31.4 Å². The summed E-state index contributed by atoms with van der Waals surface area (Å²) in [5, 5.41) is 9.87. The monoisotopic (exact) mass is 390 g/mol. The Bertz CT molecular complexity index is 890. The molecule has 1 aliphatic carbocycles. The molecule has 2 aromatic rings. The van der Waals surface area contributed by atoms with Crippen LogP contribution in [0.25, 0.3) is 11.3 Å². The van der Waals surface area contributed by atoms with Gasteiger partial charge in [-0.05, 0) is 41.9 Å². The fraction of sp³-hybridized carbons (Fsp3) is 0.350. The Balaban J connectivity index is 2.03. The lowest BCUT2D eigenvalue weighted by molar-refractivity contribution is -0.143. The summed E-state index contributed by atoms with van der Waals surface area (Å²) in [6.45, 7) is 5.85.